The van der Waals surface area contributed by atoms with E-state index in [9.17, 15) is 27.1 Å². The summed E-state index contributed by atoms with van der Waals surface area (Å²) in [6.07, 6.45) is -4.29. The van der Waals surface area contributed by atoms with Crippen molar-refractivity contribution < 1.29 is 27.1 Å². The molecule has 1 aromatic carbocycles. The molecule has 0 spiro atoms. The summed E-state index contributed by atoms with van der Waals surface area (Å²) in [6, 6.07) is 5.19. The van der Waals surface area contributed by atoms with Gasteiger partial charge in [0.05, 0.1) is 0 Å². The summed E-state index contributed by atoms with van der Waals surface area (Å²) in [5, 5.41) is 9.65. The van der Waals surface area contributed by atoms with Crippen molar-refractivity contribution in [3.63, 3.8) is 0 Å². The zero-order valence-corrected chi connectivity index (χ0v) is 8.30. The average Bonchev–Trinajstić information content (AvgIpc) is 2.57. The molecule has 17 heavy (non-hydrogen) atoms. The summed E-state index contributed by atoms with van der Waals surface area (Å²) in [6.45, 7) is 0. The van der Waals surface area contributed by atoms with Gasteiger partial charge in [-0.2, -0.15) is 22.0 Å². The molecule has 0 saturated heterocycles. The summed E-state index contributed by atoms with van der Waals surface area (Å²) >= 11 is 0. The van der Waals surface area contributed by atoms with Gasteiger partial charge in [0, 0.05) is 5.56 Å². The number of fused-ring (bicyclic) bond motifs is 1. The van der Waals surface area contributed by atoms with Crippen LogP contribution < -0.4 is 0 Å². The van der Waals surface area contributed by atoms with E-state index < -0.39 is 23.3 Å². The van der Waals surface area contributed by atoms with Crippen LogP contribution in [-0.2, 0) is 5.60 Å². The molecule has 1 unspecified atom stereocenters. The molecule has 92 valence electrons. The zero-order chi connectivity index (χ0) is 12.9. The Morgan fingerprint density at radius 1 is 1.00 bits per heavy atom. The summed E-state index contributed by atoms with van der Waals surface area (Å²) in [7, 11) is 0. The fourth-order valence-electron chi connectivity index (χ4n) is 1.78. The molecule has 2 rings (SSSR count). The molecule has 6 heteroatoms. The van der Waals surface area contributed by atoms with E-state index in [0.717, 1.165) is 12.1 Å². The van der Waals surface area contributed by atoms with Gasteiger partial charge in [0.15, 0.2) is 5.60 Å². The van der Waals surface area contributed by atoms with Crippen LogP contribution in [-0.4, -0.2) is 17.2 Å². The first-order chi connectivity index (χ1) is 7.70. The standard InChI is InChI=1S/C11H7F5O/c12-10(13,11(14,15)16)9(17)6-5-7-3-1-2-4-8(7)9/h1-6,17H. The van der Waals surface area contributed by atoms with E-state index in [2.05, 4.69) is 0 Å². The molecule has 0 amide bonds. The Bertz CT molecular complexity index is 477. The van der Waals surface area contributed by atoms with Gasteiger partial charge in [-0.25, -0.2) is 0 Å². The Balaban J connectivity index is 2.58. The molecule has 1 aliphatic rings. The molecule has 1 aromatic rings. The third-order valence-corrected chi connectivity index (χ3v) is 2.71. The SMILES string of the molecule is OC1(C(F)(F)C(F)(F)F)C=Cc2ccccc21. The second kappa shape index (κ2) is 3.29. The summed E-state index contributed by atoms with van der Waals surface area (Å²) < 4.78 is 63.4. The third kappa shape index (κ3) is 1.47. The fourth-order valence-corrected chi connectivity index (χ4v) is 1.78. The van der Waals surface area contributed by atoms with Crippen LogP contribution in [0.5, 0.6) is 0 Å². The van der Waals surface area contributed by atoms with E-state index in [1.165, 1.54) is 18.2 Å². The van der Waals surface area contributed by atoms with Crippen molar-refractivity contribution in [1.82, 2.24) is 0 Å². The van der Waals surface area contributed by atoms with Crippen molar-refractivity contribution in [3.8, 4) is 0 Å². The fraction of sp³-hybridized carbons (Fsp3) is 0.273. The van der Waals surface area contributed by atoms with Gasteiger partial charge >= 0.3 is 12.1 Å². The van der Waals surface area contributed by atoms with E-state index in [1.54, 1.807) is 0 Å². The highest BCUT2D eigenvalue weighted by Crippen LogP contribution is 2.52. The van der Waals surface area contributed by atoms with Crippen molar-refractivity contribution in [2.24, 2.45) is 0 Å². The lowest BCUT2D eigenvalue weighted by Crippen LogP contribution is -2.53. The first-order valence-corrected chi connectivity index (χ1v) is 4.66. The molecule has 1 aliphatic carbocycles. The van der Waals surface area contributed by atoms with Crippen LogP contribution in [0.3, 0.4) is 0 Å². The van der Waals surface area contributed by atoms with E-state index in [0.29, 0.717) is 6.08 Å². The largest absolute Gasteiger partial charge is 0.457 e. The van der Waals surface area contributed by atoms with Gasteiger partial charge in [-0.05, 0) is 11.6 Å². The highest BCUT2D eigenvalue weighted by atomic mass is 19.4. The smallest absolute Gasteiger partial charge is 0.375 e. The molecular weight excluding hydrogens is 243 g/mol. The average molecular weight is 250 g/mol. The Labute approximate surface area is 93.2 Å². The molecule has 0 bridgehead atoms. The van der Waals surface area contributed by atoms with Crippen LogP contribution in [0.25, 0.3) is 6.08 Å². The van der Waals surface area contributed by atoms with Crippen LogP contribution in [0.2, 0.25) is 0 Å². The Morgan fingerprint density at radius 2 is 1.59 bits per heavy atom. The van der Waals surface area contributed by atoms with Gasteiger partial charge in [-0.15, -0.1) is 0 Å². The lowest BCUT2D eigenvalue weighted by Gasteiger charge is -2.33. The highest BCUT2D eigenvalue weighted by molar-refractivity contribution is 5.64. The zero-order valence-electron chi connectivity index (χ0n) is 8.30. The molecule has 0 aromatic heterocycles. The monoisotopic (exact) mass is 250 g/mol. The first kappa shape index (κ1) is 12.0. The van der Waals surface area contributed by atoms with Crippen LogP contribution in [0.1, 0.15) is 11.1 Å². The molecule has 1 N–H and O–H groups in total. The van der Waals surface area contributed by atoms with Gasteiger partial charge in [0.2, 0.25) is 0 Å². The molecule has 1 atom stereocenters. The minimum absolute atomic E-state index is 0.152. The maximum atomic E-state index is 13.3. The van der Waals surface area contributed by atoms with Crippen LogP contribution in [0.15, 0.2) is 30.3 Å². The van der Waals surface area contributed by atoms with Crippen molar-refractivity contribution in [2.45, 2.75) is 17.7 Å². The van der Waals surface area contributed by atoms with Gasteiger partial charge in [-0.1, -0.05) is 30.3 Å². The Hall–Kier alpha value is -1.43. The number of alkyl halides is 5. The van der Waals surface area contributed by atoms with Gasteiger partial charge in [-0.3, -0.25) is 0 Å². The maximum Gasteiger partial charge on any atom is 0.457 e. The van der Waals surface area contributed by atoms with E-state index in [1.807, 2.05) is 0 Å². The van der Waals surface area contributed by atoms with E-state index >= 15 is 0 Å². The summed E-state index contributed by atoms with van der Waals surface area (Å²) in [5.41, 5.74) is -3.62. The summed E-state index contributed by atoms with van der Waals surface area (Å²) in [5.74, 6) is -5.23. The molecule has 0 radical (unpaired) electrons. The molecular formula is C11H7F5O. The summed E-state index contributed by atoms with van der Waals surface area (Å²) in [4.78, 5) is 0. The second-order valence-electron chi connectivity index (χ2n) is 3.76. The quantitative estimate of drug-likeness (QED) is 0.759. The molecule has 0 fully saturated rings. The number of benzene rings is 1. The number of halogens is 5. The topological polar surface area (TPSA) is 20.2 Å². The van der Waals surface area contributed by atoms with Crippen molar-refractivity contribution >= 4 is 6.08 Å². The molecule has 0 aliphatic heterocycles. The lowest BCUT2D eigenvalue weighted by atomic mass is 9.89. The van der Waals surface area contributed by atoms with Crippen LogP contribution >= 0.6 is 0 Å². The predicted molar refractivity (Wildman–Crippen MR) is 50.4 cm³/mol. The number of hydrogen-bond acceptors (Lipinski definition) is 1. The Kier molecular flexibility index (Phi) is 2.33. The van der Waals surface area contributed by atoms with Crippen molar-refractivity contribution in [2.75, 3.05) is 0 Å². The maximum absolute atomic E-state index is 13.3. The first-order valence-electron chi connectivity index (χ1n) is 4.66. The minimum Gasteiger partial charge on any atom is -0.375 e. The predicted octanol–water partition coefficient (Wildman–Crippen LogP) is 3.10. The van der Waals surface area contributed by atoms with E-state index in [4.69, 9.17) is 0 Å². The second-order valence-corrected chi connectivity index (χ2v) is 3.76. The molecule has 0 saturated carbocycles. The van der Waals surface area contributed by atoms with Crippen molar-refractivity contribution in [1.29, 1.82) is 0 Å². The lowest BCUT2D eigenvalue weighted by molar-refractivity contribution is -0.334. The number of aliphatic hydroxyl groups is 1. The minimum atomic E-state index is -5.82. The number of hydrogen-bond donors (Lipinski definition) is 1. The van der Waals surface area contributed by atoms with Gasteiger partial charge in [0.25, 0.3) is 0 Å². The Morgan fingerprint density at radius 3 is 2.18 bits per heavy atom. The van der Waals surface area contributed by atoms with Gasteiger partial charge < -0.3 is 5.11 Å². The van der Waals surface area contributed by atoms with Crippen molar-refractivity contribution in [3.05, 3.63) is 41.5 Å². The highest BCUT2D eigenvalue weighted by Gasteiger charge is 2.70. The molecule has 0 heterocycles. The number of rotatable bonds is 1. The normalized spacial score (nSPS) is 23.9. The third-order valence-electron chi connectivity index (χ3n) is 2.71. The molecule has 1 nitrogen and oxygen atoms in total. The van der Waals surface area contributed by atoms with Crippen LogP contribution in [0, 0.1) is 0 Å². The van der Waals surface area contributed by atoms with Gasteiger partial charge in [0.1, 0.15) is 0 Å². The van der Waals surface area contributed by atoms with Crippen LogP contribution in [0.4, 0.5) is 22.0 Å². The van der Waals surface area contributed by atoms with E-state index in [-0.39, 0.29) is 5.56 Å².